The molecule has 0 saturated carbocycles. The van der Waals surface area contributed by atoms with Gasteiger partial charge in [0.2, 0.25) is 0 Å². The van der Waals surface area contributed by atoms with Gasteiger partial charge in [0.05, 0.1) is 10.6 Å². The first kappa shape index (κ1) is 22.2. The van der Waals surface area contributed by atoms with E-state index >= 15 is 0 Å². The van der Waals surface area contributed by atoms with Crippen LogP contribution < -0.4 is 10.0 Å². The minimum absolute atomic E-state index is 0.158. The summed E-state index contributed by atoms with van der Waals surface area (Å²) < 4.78 is 27.9. The molecule has 6 nitrogen and oxygen atoms in total. The van der Waals surface area contributed by atoms with Crippen LogP contribution in [0.15, 0.2) is 102 Å². The smallest absolute Gasteiger partial charge is 0.261 e. The number of aryl methyl sites for hydroxylation is 1. The normalized spacial score (nSPS) is 11.1. The maximum absolute atomic E-state index is 12.8. The minimum Gasteiger partial charge on any atom is -0.322 e. The van der Waals surface area contributed by atoms with Gasteiger partial charge in [-0.25, -0.2) is 8.42 Å². The van der Waals surface area contributed by atoms with Crippen molar-refractivity contribution in [3.05, 3.63) is 120 Å². The van der Waals surface area contributed by atoms with E-state index in [4.69, 9.17) is 0 Å². The minimum atomic E-state index is -3.75. The fourth-order valence-corrected chi connectivity index (χ4v) is 4.46. The van der Waals surface area contributed by atoms with Crippen molar-refractivity contribution in [3.63, 3.8) is 0 Å². The van der Waals surface area contributed by atoms with Crippen molar-refractivity contribution in [2.24, 2.45) is 0 Å². The molecule has 2 N–H and O–H groups in total. The molecule has 0 aliphatic carbocycles. The Morgan fingerprint density at radius 2 is 1.52 bits per heavy atom. The molecular formula is C26H23N3O3S. The van der Waals surface area contributed by atoms with Gasteiger partial charge < -0.3 is 5.32 Å². The fraction of sp³-hybridized carbons (Fsp3) is 0.0769. The van der Waals surface area contributed by atoms with Crippen molar-refractivity contribution in [2.45, 2.75) is 18.2 Å². The second-order valence-electron chi connectivity index (χ2n) is 7.63. The summed E-state index contributed by atoms with van der Waals surface area (Å²) in [5.41, 5.74) is 4.36. The first-order chi connectivity index (χ1) is 15.9. The summed E-state index contributed by atoms with van der Waals surface area (Å²) in [6.07, 6.45) is 4.30. The Balaban J connectivity index is 1.46. The standard InChI is InChI=1S/C26H23N3O3S/c1-19-7-10-22(18-25(19)29-33(31,32)24-5-3-2-4-6-24)26(30)28-23-11-8-20(9-12-23)17-21-13-15-27-16-14-21/h2-16,18,29H,17H2,1H3,(H,28,30). The van der Waals surface area contributed by atoms with Crippen molar-refractivity contribution in [2.75, 3.05) is 10.0 Å². The largest absolute Gasteiger partial charge is 0.322 e. The Morgan fingerprint density at radius 3 is 2.21 bits per heavy atom. The predicted molar refractivity (Wildman–Crippen MR) is 130 cm³/mol. The zero-order valence-corrected chi connectivity index (χ0v) is 18.8. The Morgan fingerprint density at radius 1 is 0.848 bits per heavy atom. The monoisotopic (exact) mass is 457 g/mol. The number of amides is 1. The summed E-state index contributed by atoms with van der Waals surface area (Å²) >= 11 is 0. The highest BCUT2D eigenvalue weighted by Crippen LogP contribution is 2.22. The van der Waals surface area contributed by atoms with Gasteiger partial charge in [0.1, 0.15) is 0 Å². The molecule has 1 amide bonds. The van der Waals surface area contributed by atoms with Crippen LogP contribution in [0.3, 0.4) is 0 Å². The van der Waals surface area contributed by atoms with E-state index in [0.29, 0.717) is 22.5 Å². The fourth-order valence-electron chi connectivity index (χ4n) is 3.32. The van der Waals surface area contributed by atoms with Crippen LogP contribution >= 0.6 is 0 Å². The van der Waals surface area contributed by atoms with Gasteiger partial charge >= 0.3 is 0 Å². The average Bonchev–Trinajstić information content (AvgIpc) is 2.83. The molecule has 0 aliphatic rings. The van der Waals surface area contributed by atoms with Crippen LogP contribution in [0.5, 0.6) is 0 Å². The molecule has 0 radical (unpaired) electrons. The van der Waals surface area contributed by atoms with Crippen molar-refractivity contribution >= 4 is 27.3 Å². The number of carbonyl (C=O) groups is 1. The number of hydrogen-bond acceptors (Lipinski definition) is 4. The third-order valence-electron chi connectivity index (χ3n) is 5.17. The van der Waals surface area contributed by atoms with Crippen LogP contribution in [0, 0.1) is 6.92 Å². The number of nitrogens with zero attached hydrogens (tertiary/aromatic N) is 1. The Kier molecular flexibility index (Phi) is 6.51. The van der Waals surface area contributed by atoms with E-state index in [1.807, 2.05) is 36.4 Å². The summed E-state index contributed by atoms with van der Waals surface area (Å²) in [6.45, 7) is 1.78. The summed E-state index contributed by atoms with van der Waals surface area (Å²) in [5, 5.41) is 2.86. The quantitative estimate of drug-likeness (QED) is 0.407. The van der Waals surface area contributed by atoms with Gasteiger partial charge in [-0.15, -0.1) is 0 Å². The number of hydrogen-bond donors (Lipinski definition) is 2. The SMILES string of the molecule is Cc1ccc(C(=O)Nc2ccc(Cc3ccncc3)cc2)cc1NS(=O)(=O)c1ccccc1. The number of nitrogens with one attached hydrogen (secondary N) is 2. The van der Waals surface area contributed by atoms with Gasteiger partial charge in [-0.05, 0) is 78.6 Å². The zero-order valence-electron chi connectivity index (χ0n) is 18.0. The van der Waals surface area contributed by atoms with Gasteiger partial charge in [0.25, 0.3) is 15.9 Å². The van der Waals surface area contributed by atoms with Gasteiger partial charge in [0.15, 0.2) is 0 Å². The highest BCUT2D eigenvalue weighted by Gasteiger charge is 2.16. The van der Waals surface area contributed by atoms with E-state index in [2.05, 4.69) is 15.0 Å². The van der Waals surface area contributed by atoms with Crippen molar-refractivity contribution < 1.29 is 13.2 Å². The first-order valence-corrected chi connectivity index (χ1v) is 11.9. The van der Waals surface area contributed by atoms with E-state index in [9.17, 15) is 13.2 Å². The van der Waals surface area contributed by atoms with Crippen molar-refractivity contribution in [3.8, 4) is 0 Å². The molecule has 4 aromatic rings. The van der Waals surface area contributed by atoms with Crippen LogP contribution in [0.4, 0.5) is 11.4 Å². The van der Waals surface area contributed by atoms with E-state index in [-0.39, 0.29) is 10.8 Å². The van der Waals surface area contributed by atoms with Gasteiger partial charge in [0, 0.05) is 23.6 Å². The molecule has 7 heteroatoms. The molecule has 0 bridgehead atoms. The van der Waals surface area contributed by atoms with Crippen LogP contribution in [0.25, 0.3) is 0 Å². The summed E-state index contributed by atoms with van der Waals surface area (Å²) in [4.78, 5) is 17.0. The van der Waals surface area contributed by atoms with E-state index < -0.39 is 10.0 Å². The zero-order chi connectivity index (χ0) is 23.3. The second-order valence-corrected chi connectivity index (χ2v) is 9.31. The lowest BCUT2D eigenvalue weighted by atomic mass is 10.1. The topological polar surface area (TPSA) is 88.2 Å². The molecule has 0 spiro atoms. The molecule has 0 saturated heterocycles. The van der Waals surface area contributed by atoms with Crippen LogP contribution in [0.2, 0.25) is 0 Å². The molecule has 0 fully saturated rings. The summed E-state index contributed by atoms with van der Waals surface area (Å²) in [6, 6.07) is 24.6. The Hall–Kier alpha value is -3.97. The molecule has 0 aliphatic heterocycles. The van der Waals surface area contributed by atoms with E-state index in [1.54, 1.807) is 55.7 Å². The lowest BCUT2D eigenvalue weighted by molar-refractivity contribution is 0.102. The van der Waals surface area contributed by atoms with Crippen LogP contribution in [0.1, 0.15) is 27.0 Å². The Bertz CT molecular complexity index is 1360. The molecule has 1 heterocycles. The molecule has 4 rings (SSSR count). The van der Waals surface area contributed by atoms with Gasteiger partial charge in [-0.3, -0.25) is 14.5 Å². The summed E-state index contributed by atoms with van der Waals surface area (Å²) in [7, 11) is -3.75. The van der Waals surface area contributed by atoms with Crippen LogP contribution in [-0.2, 0) is 16.4 Å². The molecular weight excluding hydrogens is 434 g/mol. The maximum atomic E-state index is 12.8. The Labute approximate surface area is 193 Å². The molecule has 0 unspecified atom stereocenters. The van der Waals surface area contributed by atoms with Crippen LogP contribution in [-0.4, -0.2) is 19.3 Å². The third kappa shape index (κ3) is 5.64. The third-order valence-corrected chi connectivity index (χ3v) is 6.55. The maximum Gasteiger partial charge on any atom is 0.261 e. The van der Waals surface area contributed by atoms with E-state index in [1.165, 1.54) is 12.1 Å². The van der Waals surface area contributed by atoms with E-state index in [0.717, 1.165) is 17.5 Å². The van der Waals surface area contributed by atoms with Gasteiger partial charge in [-0.2, -0.15) is 0 Å². The van der Waals surface area contributed by atoms with Crippen molar-refractivity contribution in [1.29, 1.82) is 0 Å². The number of anilines is 2. The number of carbonyl (C=O) groups excluding carboxylic acids is 1. The molecule has 166 valence electrons. The second kappa shape index (κ2) is 9.67. The van der Waals surface area contributed by atoms with Gasteiger partial charge in [-0.1, -0.05) is 36.4 Å². The molecule has 33 heavy (non-hydrogen) atoms. The number of rotatable bonds is 7. The predicted octanol–water partition coefficient (Wildman–Crippen LogP) is 5.03. The highest BCUT2D eigenvalue weighted by atomic mass is 32.2. The van der Waals surface area contributed by atoms with Crippen molar-refractivity contribution in [1.82, 2.24) is 4.98 Å². The lowest BCUT2D eigenvalue weighted by Crippen LogP contribution is -2.16. The summed E-state index contributed by atoms with van der Waals surface area (Å²) in [5.74, 6) is -0.322. The molecule has 1 aromatic heterocycles. The first-order valence-electron chi connectivity index (χ1n) is 10.4. The molecule has 0 atom stereocenters. The lowest BCUT2D eigenvalue weighted by Gasteiger charge is -2.13. The number of aromatic nitrogens is 1. The molecule has 3 aromatic carbocycles. The number of pyridine rings is 1. The number of benzene rings is 3. The average molecular weight is 458 g/mol. The number of sulfonamides is 1. The highest BCUT2D eigenvalue weighted by molar-refractivity contribution is 7.92.